The molecule has 0 aromatic carbocycles. The van der Waals surface area contributed by atoms with E-state index in [0.717, 1.165) is 4.47 Å². The molecule has 1 unspecified atom stereocenters. The summed E-state index contributed by atoms with van der Waals surface area (Å²) in [5.41, 5.74) is 5.44. The maximum absolute atomic E-state index is 10.5. The van der Waals surface area contributed by atoms with Gasteiger partial charge in [-0.05, 0) is 15.9 Å². The average Bonchev–Trinajstić information content (AvgIpc) is 2.15. The van der Waals surface area contributed by atoms with Crippen molar-refractivity contribution in [3.05, 3.63) is 22.7 Å². The van der Waals surface area contributed by atoms with Crippen LogP contribution in [0, 0.1) is 0 Å². The highest BCUT2D eigenvalue weighted by molar-refractivity contribution is 9.10. The highest BCUT2D eigenvalue weighted by Gasteiger charge is 2.16. The number of carboxylic acids is 1. The van der Waals surface area contributed by atoms with Crippen LogP contribution in [0.2, 0.25) is 0 Å². The van der Waals surface area contributed by atoms with Gasteiger partial charge in [0.2, 0.25) is 0 Å². The van der Waals surface area contributed by atoms with Gasteiger partial charge < -0.3 is 10.8 Å². The molecule has 0 aliphatic carbocycles. The molecule has 5 nitrogen and oxygen atoms in total. The van der Waals surface area contributed by atoms with Gasteiger partial charge in [-0.15, -0.1) is 0 Å². The third-order valence-electron chi connectivity index (χ3n) is 1.71. The Hall–Kier alpha value is -1.01. The molecule has 0 amide bonds. The summed E-state index contributed by atoms with van der Waals surface area (Å²) < 4.78 is 0.757. The van der Waals surface area contributed by atoms with E-state index in [1.165, 1.54) is 0 Å². The molecule has 0 bridgehead atoms. The van der Waals surface area contributed by atoms with Crippen LogP contribution in [0.15, 0.2) is 16.9 Å². The molecule has 14 heavy (non-hydrogen) atoms. The summed E-state index contributed by atoms with van der Waals surface area (Å²) in [7, 11) is 0. The van der Waals surface area contributed by atoms with Crippen molar-refractivity contribution in [3.63, 3.8) is 0 Å². The maximum atomic E-state index is 10.5. The second kappa shape index (κ2) is 5.02. The molecule has 0 saturated heterocycles. The van der Waals surface area contributed by atoms with E-state index in [0.29, 0.717) is 5.82 Å². The maximum Gasteiger partial charge on any atom is 0.304 e. The average molecular weight is 260 g/mol. The van der Waals surface area contributed by atoms with Crippen molar-refractivity contribution in [3.8, 4) is 0 Å². The Labute approximate surface area is 89.5 Å². The summed E-state index contributed by atoms with van der Waals surface area (Å²) in [5.74, 6) is -0.745. The van der Waals surface area contributed by atoms with Crippen LogP contribution in [0.1, 0.15) is 18.2 Å². The minimum Gasteiger partial charge on any atom is -0.481 e. The molecule has 1 rings (SSSR count). The van der Waals surface area contributed by atoms with Gasteiger partial charge in [-0.2, -0.15) is 0 Å². The first-order chi connectivity index (χ1) is 6.63. The molecular weight excluding hydrogens is 250 g/mol. The van der Waals surface area contributed by atoms with E-state index in [4.69, 9.17) is 10.8 Å². The normalized spacial score (nSPS) is 12.4. The number of carbonyl (C=O) groups is 1. The largest absolute Gasteiger partial charge is 0.481 e. The minimum atomic E-state index is -0.896. The van der Waals surface area contributed by atoms with Crippen LogP contribution in [-0.4, -0.2) is 27.6 Å². The van der Waals surface area contributed by atoms with E-state index in [9.17, 15) is 4.79 Å². The van der Waals surface area contributed by atoms with Gasteiger partial charge >= 0.3 is 5.97 Å². The summed E-state index contributed by atoms with van der Waals surface area (Å²) in [6.45, 7) is 0.230. The van der Waals surface area contributed by atoms with E-state index in [1.54, 1.807) is 12.4 Å². The van der Waals surface area contributed by atoms with Crippen LogP contribution in [0.3, 0.4) is 0 Å². The first-order valence-electron chi connectivity index (χ1n) is 4.02. The molecule has 76 valence electrons. The monoisotopic (exact) mass is 259 g/mol. The zero-order valence-corrected chi connectivity index (χ0v) is 8.94. The van der Waals surface area contributed by atoms with Crippen molar-refractivity contribution in [2.24, 2.45) is 5.73 Å². The van der Waals surface area contributed by atoms with Gasteiger partial charge in [0.15, 0.2) is 0 Å². The van der Waals surface area contributed by atoms with E-state index in [1.807, 2.05) is 0 Å². The molecule has 1 heterocycles. The Morgan fingerprint density at radius 1 is 1.57 bits per heavy atom. The number of aromatic nitrogens is 2. The lowest BCUT2D eigenvalue weighted by atomic mass is 10.1. The van der Waals surface area contributed by atoms with Crippen LogP contribution in [0.25, 0.3) is 0 Å². The summed E-state index contributed by atoms with van der Waals surface area (Å²) in [4.78, 5) is 18.5. The topological polar surface area (TPSA) is 89.1 Å². The number of carboxylic acid groups (broad SMARTS) is 1. The zero-order chi connectivity index (χ0) is 10.6. The lowest BCUT2D eigenvalue weighted by molar-refractivity contribution is -0.137. The standard InChI is InChI=1S/C8H10BrN3O2/c9-6-3-11-8(12-4-6)5(2-10)1-7(13)14/h3-5H,1-2,10H2,(H,13,14). The number of hydrogen-bond acceptors (Lipinski definition) is 4. The number of nitrogens with zero attached hydrogens (tertiary/aromatic N) is 2. The van der Waals surface area contributed by atoms with Gasteiger partial charge in [-0.25, -0.2) is 9.97 Å². The van der Waals surface area contributed by atoms with Crippen LogP contribution >= 0.6 is 15.9 Å². The third-order valence-corrected chi connectivity index (χ3v) is 2.12. The van der Waals surface area contributed by atoms with Crippen LogP contribution in [0.5, 0.6) is 0 Å². The molecular formula is C8H10BrN3O2. The Bertz CT molecular complexity index is 315. The number of aliphatic carboxylic acids is 1. The SMILES string of the molecule is NCC(CC(=O)O)c1ncc(Br)cn1. The first kappa shape index (κ1) is 11.1. The predicted molar refractivity (Wildman–Crippen MR) is 53.8 cm³/mol. The van der Waals surface area contributed by atoms with Crippen molar-refractivity contribution in [2.75, 3.05) is 6.54 Å². The molecule has 1 atom stereocenters. The van der Waals surface area contributed by atoms with Crippen molar-refractivity contribution in [2.45, 2.75) is 12.3 Å². The molecule has 0 radical (unpaired) electrons. The van der Waals surface area contributed by atoms with Gasteiger partial charge in [0.1, 0.15) is 5.82 Å². The smallest absolute Gasteiger partial charge is 0.304 e. The van der Waals surface area contributed by atoms with Gasteiger partial charge in [0.25, 0.3) is 0 Å². The molecule has 0 fully saturated rings. The van der Waals surface area contributed by atoms with Crippen LogP contribution in [0.4, 0.5) is 0 Å². The van der Waals surface area contributed by atoms with Gasteiger partial charge in [0, 0.05) is 24.9 Å². The number of hydrogen-bond donors (Lipinski definition) is 2. The van der Waals surface area contributed by atoms with Crippen molar-refractivity contribution in [1.82, 2.24) is 9.97 Å². The highest BCUT2D eigenvalue weighted by atomic mass is 79.9. The molecule has 0 saturated carbocycles. The molecule has 0 spiro atoms. The molecule has 6 heteroatoms. The Morgan fingerprint density at radius 2 is 2.14 bits per heavy atom. The number of halogens is 1. The van der Waals surface area contributed by atoms with Crippen LogP contribution in [-0.2, 0) is 4.79 Å². The number of rotatable bonds is 4. The summed E-state index contributed by atoms with van der Waals surface area (Å²) in [5, 5.41) is 8.61. The lowest BCUT2D eigenvalue weighted by Gasteiger charge is -2.09. The Morgan fingerprint density at radius 3 is 2.57 bits per heavy atom. The second-order valence-electron chi connectivity index (χ2n) is 2.79. The minimum absolute atomic E-state index is 0.0435. The molecule has 0 aliphatic heterocycles. The second-order valence-corrected chi connectivity index (χ2v) is 3.71. The van der Waals surface area contributed by atoms with E-state index >= 15 is 0 Å². The number of nitrogens with two attached hydrogens (primary N) is 1. The fourth-order valence-corrected chi connectivity index (χ4v) is 1.23. The molecule has 1 aromatic rings. The van der Waals surface area contributed by atoms with Crippen LogP contribution < -0.4 is 5.73 Å². The first-order valence-corrected chi connectivity index (χ1v) is 4.82. The predicted octanol–water partition coefficient (Wildman–Crippen LogP) is 0.756. The van der Waals surface area contributed by atoms with Gasteiger partial charge in [-0.3, -0.25) is 4.79 Å². The summed E-state index contributed by atoms with van der Waals surface area (Å²) >= 11 is 3.19. The van der Waals surface area contributed by atoms with Gasteiger partial charge in [0.05, 0.1) is 10.9 Å². The fourth-order valence-electron chi connectivity index (χ4n) is 1.02. The quantitative estimate of drug-likeness (QED) is 0.834. The van der Waals surface area contributed by atoms with E-state index in [-0.39, 0.29) is 18.9 Å². The Kier molecular flexibility index (Phi) is 3.97. The fraction of sp³-hybridized carbons (Fsp3) is 0.375. The third kappa shape index (κ3) is 3.04. The zero-order valence-electron chi connectivity index (χ0n) is 7.35. The van der Waals surface area contributed by atoms with E-state index in [2.05, 4.69) is 25.9 Å². The van der Waals surface area contributed by atoms with E-state index < -0.39 is 5.97 Å². The summed E-state index contributed by atoms with van der Waals surface area (Å²) in [6.07, 6.45) is 3.11. The lowest BCUT2D eigenvalue weighted by Crippen LogP contribution is -2.18. The Balaban J connectivity index is 2.78. The van der Waals surface area contributed by atoms with Crippen molar-refractivity contribution < 1.29 is 9.90 Å². The highest BCUT2D eigenvalue weighted by Crippen LogP contribution is 2.15. The summed E-state index contributed by atoms with van der Waals surface area (Å²) in [6, 6.07) is 0. The molecule has 0 aliphatic rings. The van der Waals surface area contributed by atoms with Crippen molar-refractivity contribution in [1.29, 1.82) is 0 Å². The van der Waals surface area contributed by atoms with Crippen molar-refractivity contribution >= 4 is 21.9 Å². The molecule has 3 N–H and O–H groups in total. The molecule has 1 aromatic heterocycles. The van der Waals surface area contributed by atoms with Gasteiger partial charge in [-0.1, -0.05) is 0 Å².